The number of aliphatic hydroxyl groups is 1. The Balaban J connectivity index is 1.49. The first-order valence-electron chi connectivity index (χ1n) is 10.4. The summed E-state index contributed by atoms with van der Waals surface area (Å²) in [6.45, 7) is 2.01. The summed E-state index contributed by atoms with van der Waals surface area (Å²) in [5.74, 6) is 0.226. The first-order chi connectivity index (χ1) is 15.4. The summed E-state index contributed by atoms with van der Waals surface area (Å²) in [7, 11) is 0. The largest absolute Gasteiger partial charge is 0.489 e. The van der Waals surface area contributed by atoms with Crippen LogP contribution in [0.25, 0.3) is 5.69 Å². The lowest BCUT2D eigenvalue weighted by Gasteiger charge is -2.33. The number of hydrogen-bond acceptors (Lipinski definition) is 5. The topological polar surface area (TPSA) is 80.5 Å². The number of carbonyl (C=O) groups is 1. The summed E-state index contributed by atoms with van der Waals surface area (Å²) in [6.07, 6.45) is 1.34. The molecule has 1 fully saturated rings. The van der Waals surface area contributed by atoms with Gasteiger partial charge in [-0.1, -0.05) is 24.3 Å². The van der Waals surface area contributed by atoms with Gasteiger partial charge < -0.3 is 14.7 Å². The number of nitrogens with zero attached hydrogens (tertiary/aromatic N) is 4. The molecule has 3 aromatic rings. The van der Waals surface area contributed by atoms with E-state index in [2.05, 4.69) is 10.2 Å². The van der Waals surface area contributed by atoms with Crippen LogP contribution in [0.5, 0.6) is 5.75 Å². The van der Waals surface area contributed by atoms with Gasteiger partial charge >= 0.3 is 0 Å². The van der Waals surface area contributed by atoms with E-state index in [0.717, 1.165) is 19.8 Å². The minimum absolute atomic E-state index is 0.0781. The lowest BCUT2D eigenvalue weighted by Crippen LogP contribution is -2.44. The van der Waals surface area contributed by atoms with Gasteiger partial charge in [0.2, 0.25) is 0 Å². The van der Waals surface area contributed by atoms with E-state index in [4.69, 9.17) is 4.74 Å². The average Bonchev–Trinajstić information content (AvgIpc) is 3.34. The van der Waals surface area contributed by atoms with Gasteiger partial charge in [-0.15, -0.1) is 0 Å². The average molecular weight is 442 g/mol. The number of ether oxygens (including phenoxy) is 1. The highest BCUT2D eigenvalue weighted by molar-refractivity contribution is 5.97. The second-order valence-electron chi connectivity index (χ2n) is 7.94. The van der Waals surface area contributed by atoms with Gasteiger partial charge in [0.05, 0.1) is 30.2 Å². The van der Waals surface area contributed by atoms with Crippen LogP contribution in [0.1, 0.15) is 35.7 Å². The zero-order chi connectivity index (χ0) is 22.7. The molecule has 4 rings (SSSR count). The van der Waals surface area contributed by atoms with Gasteiger partial charge in [0.15, 0.2) is 0 Å². The highest BCUT2D eigenvalue weighted by Gasteiger charge is 2.35. The standard InChI is InChI=1S/C23H24F2N4O3/c1-23(31,22(24)25)16-6-4-7-17(14-16)32-18-8-5-13-28(15-18)21(30)19-9-2-3-10-20(19)29-26-11-12-27-29/h2-4,6-7,9-12,14,18,22,31H,5,8,13,15H2,1H3. The minimum atomic E-state index is -2.93. The van der Waals surface area contributed by atoms with Crippen molar-refractivity contribution in [2.75, 3.05) is 13.1 Å². The summed E-state index contributed by atoms with van der Waals surface area (Å²) >= 11 is 0. The summed E-state index contributed by atoms with van der Waals surface area (Å²) in [4.78, 5) is 16.4. The lowest BCUT2D eigenvalue weighted by atomic mass is 9.96. The molecule has 1 aliphatic heterocycles. The van der Waals surface area contributed by atoms with Crippen molar-refractivity contribution in [3.8, 4) is 11.4 Å². The minimum Gasteiger partial charge on any atom is -0.489 e. The van der Waals surface area contributed by atoms with Crippen molar-refractivity contribution in [1.82, 2.24) is 19.9 Å². The molecule has 7 nitrogen and oxygen atoms in total. The Hall–Kier alpha value is -3.33. The maximum absolute atomic E-state index is 13.3. The molecule has 0 saturated carbocycles. The van der Waals surface area contributed by atoms with Crippen LogP contribution in [0.4, 0.5) is 8.78 Å². The number of carbonyl (C=O) groups excluding carboxylic acids is 1. The van der Waals surface area contributed by atoms with Gasteiger partial charge in [0.1, 0.15) is 17.5 Å². The number of para-hydroxylation sites is 1. The molecule has 9 heteroatoms. The predicted octanol–water partition coefficient (Wildman–Crippen LogP) is 3.42. The van der Waals surface area contributed by atoms with Crippen molar-refractivity contribution in [2.24, 2.45) is 0 Å². The van der Waals surface area contributed by atoms with Crippen molar-refractivity contribution >= 4 is 5.91 Å². The first-order valence-corrected chi connectivity index (χ1v) is 10.4. The highest BCUT2D eigenvalue weighted by atomic mass is 19.3. The summed E-state index contributed by atoms with van der Waals surface area (Å²) in [6, 6.07) is 13.2. The van der Waals surface area contributed by atoms with E-state index >= 15 is 0 Å². The molecule has 32 heavy (non-hydrogen) atoms. The van der Waals surface area contributed by atoms with E-state index in [-0.39, 0.29) is 17.6 Å². The van der Waals surface area contributed by atoms with Gasteiger partial charge in [-0.2, -0.15) is 15.0 Å². The van der Waals surface area contributed by atoms with Crippen LogP contribution in [-0.2, 0) is 5.60 Å². The number of hydrogen-bond donors (Lipinski definition) is 1. The molecule has 168 valence electrons. The van der Waals surface area contributed by atoms with Crippen LogP contribution in [-0.4, -0.2) is 56.5 Å². The molecular weight excluding hydrogens is 418 g/mol. The maximum atomic E-state index is 13.3. The molecule has 0 radical (unpaired) electrons. The molecule has 2 atom stereocenters. The van der Waals surface area contributed by atoms with Crippen LogP contribution in [0.2, 0.25) is 0 Å². The fourth-order valence-corrected chi connectivity index (χ4v) is 3.76. The van der Waals surface area contributed by atoms with E-state index in [0.29, 0.717) is 30.1 Å². The monoisotopic (exact) mass is 442 g/mol. The smallest absolute Gasteiger partial charge is 0.270 e. The zero-order valence-corrected chi connectivity index (χ0v) is 17.6. The molecule has 1 aliphatic rings. The van der Waals surface area contributed by atoms with E-state index in [1.165, 1.54) is 16.9 Å². The molecule has 1 saturated heterocycles. The number of alkyl halides is 2. The van der Waals surface area contributed by atoms with Gasteiger partial charge in [0, 0.05) is 6.54 Å². The molecule has 2 unspecified atom stereocenters. The number of amides is 1. The van der Waals surface area contributed by atoms with Crippen molar-refractivity contribution < 1.29 is 23.4 Å². The fraction of sp³-hybridized carbons (Fsp3) is 0.348. The number of benzene rings is 2. The van der Waals surface area contributed by atoms with Crippen LogP contribution in [0, 0.1) is 0 Å². The first kappa shape index (κ1) is 21.9. The normalized spacial score (nSPS) is 18.4. The van der Waals surface area contributed by atoms with E-state index < -0.39 is 12.0 Å². The Morgan fingerprint density at radius 3 is 2.69 bits per heavy atom. The molecule has 1 N–H and O–H groups in total. The van der Waals surface area contributed by atoms with Crippen molar-refractivity contribution in [3.05, 3.63) is 72.1 Å². The zero-order valence-electron chi connectivity index (χ0n) is 17.6. The van der Waals surface area contributed by atoms with Crippen LogP contribution < -0.4 is 4.74 Å². The van der Waals surface area contributed by atoms with E-state index in [9.17, 15) is 18.7 Å². The van der Waals surface area contributed by atoms with Crippen molar-refractivity contribution in [1.29, 1.82) is 0 Å². The third-order valence-electron chi connectivity index (χ3n) is 5.58. The second kappa shape index (κ2) is 9.04. The number of rotatable bonds is 6. The van der Waals surface area contributed by atoms with Crippen LogP contribution in [0.3, 0.4) is 0 Å². The van der Waals surface area contributed by atoms with Gasteiger partial charge in [-0.25, -0.2) is 8.78 Å². The number of halogens is 2. The van der Waals surface area contributed by atoms with Gasteiger partial charge in [-0.3, -0.25) is 4.79 Å². The highest BCUT2D eigenvalue weighted by Crippen LogP contribution is 2.31. The summed E-state index contributed by atoms with van der Waals surface area (Å²) in [5.41, 5.74) is -1.11. The molecular formula is C23H24F2N4O3. The van der Waals surface area contributed by atoms with Crippen LogP contribution >= 0.6 is 0 Å². The molecule has 0 spiro atoms. The quantitative estimate of drug-likeness (QED) is 0.633. The van der Waals surface area contributed by atoms with Crippen LogP contribution in [0.15, 0.2) is 60.9 Å². The summed E-state index contributed by atoms with van der Waals surface area (Å²) < 4.78 is 32.4. The second-order valence-corrected chi connectivity index (χ2v) is 7.94. The SMILES string of the molecule is CC(O)(c1cccc(OC2CCCN(C(=O)c3ccccc3-n3nccn3)C2)c1)C(F)F. The predicted molar refractivity (Wildman–Crippen MR) is 113 cm³/mol. The molecule has 0 bridgehead atoms. The fourth-order valence-electron chi connectivity index (χ4n) is 3.76. The number of aromatic nitrogens is 3. The van der Waals surface area contributed by atoms with Gasteiger partial charge in [-0.05, 0) is 49.6 Å². The Labute approximate surface area is 184 Å². The van der Waals surface area contributed by atoms with Gasteiger partial charge in [0.25, 0.3) is 12.3 Å². The molecule has 1 amide bonds. The lowest BCUT2D eigenvalue weighted by molar-refractivity contribution is -0.0884. The molecule has 0 aliphatic carbocycles. The Morgan fingerprint density at radius 1 is 1.19 bits per heavy atom. The molecule has 2 aromatic carbocycles. The molecule has 1 aromatic heterocycles. The van der Waals surface area contributed by atoms with E-state index in [1.807, 2.05) is 6.07 Å². The summed E-state index contributed by atoms with van der Waals surface area (Å²) in [5, 5.41) is 18.3. The van der Waals surface area contributed by atoms with Crippen molar-refractivity contribution in [3.63, 3.8) is 0 Å². The van der Waals surface area contributed by atoms with Crippen molar-refractivity contribution in [2.45, 2.75) is 37.9 Å². The Kier molecular flexibility index (Phi) is 6.18. The Bertz CT molecular complexity index is 1070. The third-order valence-corrected chi connectivity index (χ3v) is 5.58. The number of piperidine rings is 1. The van der Waals surface area contributed by atoms with E-state index in [1.54, 1.807) is 47.6 Å². The maximum Gasteiger partial charge on any atom is 0.270 e. The Morgan fingerprint density at radius 2 is 1.94 bits per heavy atom. The number of likely N-dealkylation sites (tertiary alicyclic amines) is 1. The third kappa shape index (κ3) is 4.47. The molecule has 2 heterocycles.